The Morgan fingerprint density at radius 2 is 0.657 bits per heavy atom. The summed E-state index contributed by atoms with van der Waals surface area (Å²) in [7, 11) is -6.24. The van der Waals surface area contributed by atoms with Crippen molar-refractivity contribution in [2.75, 3.05) is 39.3 Å². The number of ether oxygens (including phenoxy) is 2. The van der Waals surface area contributed by atoms with E-state index in [1.165, 1.54) is 212 Å². The Morgan fingerprint density at radius 3 is 0.990 bits per heavy atom. The minimum absolute atomic E-state index is 0.0986. The Balaban J connectivity index is 3.56. The maximum absolute atomic E-state index is 14.4. The van der Waals surface area contributed by atoms with Gasteiger partial charge < -0.3 is 27.7 Å². The lowest BCUT2D eigenvalue weighted by Gasteiger charge is -2.42. The first-order chi connectivity index (χ1) is 46.8. The molecule has 6 atom stereocenters. The molecule has 1 rings (SSSR count). The Morgan fingerprint density at radius 1 is 0.364 bits per heavy atom. The molecule has 3 unspecified atom stereocenters. The molecule has 0 bridgehead atoms. The van der Waals surface area contributed by atoms with Gasteiger partial charge >= 0.3 is 11.9 Å². The van der Waals surface area contributed by atoms with E-state index in [-0.39, 0.29) is 51.9 Å². The summed E-state index contributed by atoms with van der Waals surface area (Å²) in [5.74, 6) is -0.465. The second kappa shape index (κ2) is 55.1. The van der Waals surface area contributed by atoms with Gasteiger partial charge in [0.2, 0.25) is 0 Å². The third kappa shape index (κ3) is 47.0. The average molecular weight is 1440 g/mol. The van der Waals surface area contributed by atoms with Crippen LogP contribution in [0.15, 0.2) is 30.3 Å². The van der Waals surface area contributed by atoms with Gasteiger partial charge in [-0.2, -0.15) is 0 Å². The Labute approximate surface area is 621 Å². The summed E-state index contributed by atoms with van der Waals surface area (Å²) in [6.45, 7) is 55.5. The number of hydrogen-bond donors (Lipinski definition) is 0. The third-order valence-electron chi connectivity index (χ3n) is 23.1. The van der Waals surface area contributed by atoms with Gasteiger partial charge in [0, 0.05) is 26.2 Å². The molecule has 12 heteroatoms. The lowest BCUT2D eigenvalue weighted by Crippen LogP contribution is -2.50. The Hall–Kier alpha value is -1.39. The van der Waals surface area contributed by atoms with E-state index in [2.05, 4.69) is 146 Å². The zero-order valence-corrected chi connectivity index (χ0v) is 73.3. The summed E-state index contributed by atoms with van der Waals surface area (Å²) >= 11 is 0. The van der Waals surface area contributed by atoms with Gasteiger partial charge in [-0.25, -0.2) is 4.79 Å². The second-order valence-electron chi connectivity index (χ2n) is 36.1. The third-order valence-corrected chi connectivity index (χ3v) is 36.8. The number of unbranched alkanes of at least 4 members (excludes halogenated alkanes) is 30. The van der Waals surface area contributed by atoms with Gasteiger partial charge in [-0.1, -0.05) is 346 Å². The molecule has 9 nitrogen and oxygen atoms in total. The molecule has 0 N–H and O–H groups in total. The summed E-state index contributed by atoms with van der Waals surface area (Å²) < 4.78 is 34.8. The topological polar surface area (TPSA) is 86.8 Å². The molecule has 1 aromatic carbocycles. The van der Waals surface area contributed by atoms with Crippen LogP contribution in [0.25, 0.3) is 0 Å². The first-order valence-electron chi connectivity index (χ1n) is 42.7. The van der Waals surface area contributed by atoms with E-state index in [9.17, 15) is 9.59 Å². The molecule has 0 aliphatic carbocycles. The van der Waals surface area contributed by atoms with Crippen molar-refractivity contribution >= 4 is 36.9 Å². The van der Waals surface area contributed by atoms with E-state index in [0.717, 1.165) is 96.2 Å². The largest absolute Gasteiger partial charge is 0.458 e. The van der Waals surface area contributed by atoms with Crippen molar-refractivity contribution in [1.29, 1.82) is 0 Å². The molecule has 0 aromatic heterocycles. The maximum Gasteiger partial charge on any atom is 0.347 e. The highest BCUT2D eigenvalue weighted by molar-refractivity contribution is 6.75. The predicted molar refractivity (Wildman–Crippen MR) is 440 cm³/mol. The lowest BCUT2D eigenvalue weighted by atomic mass is 10.00. The van der Waals surface area contributed by atoms with Gasteiger partial charge in [0.15, 0.2) is 31.1 Å². The molecule has 0 aliphatic heterocycles. The fourth-order valence-electron chi connectivity index (χ4n) is 13.3. The normalized spacial score (nSPS) is 14.8. The van der Waals surface area contributed by atoms with Crippen LogP contribution in [0.4, 0.5) is 0 Å². The quantitative estimate of drug-likeness (QED) is 0.0360. The number of nitrogens with zero attached hydrogens (tertiary/aromatic N) is 2. The van der Waals surface area contributed by atoms with Crippen molar-refractivity contribution in [1.82, 2.24) is 9.80 Å². The molecule has 0 saturated heterocycles. The van der Waals surface area contributed by atoms with Gasteiger partial charge in [-0.3, -0.25) is 9.69 Å². The first kappa shape index (κ1) is 95.6. The molecular formula is C87H172N2O7Si3. The van der Waals surface area contributed by atoms with Crippen molar-refractivity contribution in [3.8, 4) is 0 Å². The van der Waals surface area contributed by atoms with Gasteiger partial charge in [0.05, 0.1) is 24.2 Å². The van der Waals surface area contributed by atoms with Crippen LogP contribution < -0.4 is 0 Å². The number of carbonyl (C=O) groups is 2. The molecule has 0 aliphatic rings. The minimum atomic E-state index is -2.11. The molecule has 99 heavy (non-hydrogen) atoms. The molecule has 0 fully saturated rings. The van der Waals surface area contributed by atoms with Crippen LogP contribution in [-0.2, 0) is 38.9 Å². The van der Waals surface area contributed by atoms with Crippen LogP contribution in [0.2, 0.25) is 54.4 Å². The standard InChI is InChI=1S/C87H172N2O7Si3/c1-22-26-30-34-38-42-46-51-61-76(5)71-88(72-79(94-97(16,17)85(7,8)9)65-54-47-43-39-35-31-27-23-2)69-59-57-62-77(6)83(90)93-82(84(91)92-75-78-63-52-50-53-64-78)68-58-60-70-89(73-80(95-98(18,19)86(10,11)12)66-55-48-44-40-36-32-28-24-3)74-81(96-99(20,21)87(13,14)15)67-56-49-45-41-37-33-29-25-4/h50,52-53,63-64,76-77,79-82H,22-49,51,54-62,65-75H2,1-21H3/t76-,77?,79-,80-,81?,82?/m1/s1. The number of hydrogen-bond acceptors (Lipinski definition) is 9. The number of esters is 2. The molecule has 584 valence electrons. The van der Waals surface area contributed by atoms with E-state index in [4.69, 9.17) is 22.8 Å². The van der Waals surface area contributed by atoms with Crippen molar-refractivity contribution in [2.45, 2.75) is 459 Å². The smallest absolute Gasteiger partial charge is 0.347 e. The van der Waals surface area contributed by atoms with E-state index in [0.29, 0.717) is 12.3 Å². The highest BCUT2D eigenvalue weighted by Gasteiger charge is 2.42. The number of carbonyl (C=O) groups excluding carboxylic acids is 2. The van der Waals surface area contributed by atoms with E-state index in [1.54, 1.807) is 0 Å². The zero-order chi connectivity index (χ0) is 74.1. The highest BCUT2D eigenvalue weighted by Crippen LogP contribution is 2.41. The van der Waals surface area contributed by atoms with Crippen LogP contribution >= 0.6 is 0 Å². The van der Waals surface area contributed by atoms with Crippen LogP contribution in [0.3, 0.4) is 0 Å². The van der Waals surface area contributed by atoms with Gasteiger partial charge in [-0.15, -0.1) is 0 Å². The molecule has 0 amide bonds. The predicted octanol–water partition coefficient (Wildman–Crippen LogP) is 27.2. The van der Waals surface area contributed by atoms with Crippen LogP contribution in [0.5, 0.6) is 0 Å². The molecule has 0 saturated carbocycles. The Bertz CT molecular complexity index is 2020. The summed E-state index contributed by atoms with van der Waals surface area (Å²) in [5.41, 5.74) is 0.922. The van der Waals surface area contributed by atoms with E-state index in [1.807, 2.05) is 37.3 Å². The summed E-state index contributed by atoms with van der Waals surface area (Å²) in [6, 6.07) is 9.89. The fourth-order valence-corrected chi connectivity index (χ4v) is 17.4. The average Bonchev–Trinajstić information content (AvgIpc) is 0.840. The first-order valence-corrected chi connectivity index (χ1v) is 51.4. The summed E-state index contributed by atoms with van der Waals surface area (Å²) in [6.07, 6.45) is 50.9. The van der Waals surface area contributed by atoms with Gasteiger partial charge in [-0.05, 0) is 137 Å². The van der Waals surface area contributed by atoms with Crippen molar-refractivity contribution < 1.29 is 32.3 Å². The van der Waals surface area contributed by atoms with Crippen molar-refractivity contribution in [2.24, 2.45) is 11.8 Å². The second-order valence-corrected chi connectivity index (χ2v) is 50.4. The van der Waals surface area contributed by atoms with E-state index >= 15 is 0 Å². The van der Waals surface area contributed by atoms with Crippen LogP contribution in [-0.4, -0.2) is 110 Å². The van der Waals surface area contributed by atoms with Gasteiger partial charge in [0.25, 0.3) is 0 Å². The molecular weight excluding hydrogens is 1270 g/mol. The van der Waals surface area contributed by atoms with E-state index < -0.39 is 37.0 Å². The molecule has 0 heterocycles. The van der Waals surface area contributed by atoms with Gasteiger partial charge in [0.1, 0.15) is 6.61 Å². The van der Waals surface area contributed by atoms with Crippen LogP contribution in [0, 0.1) is 11.8 Å². The van der Waals surface area contributed by atoms with Crippen molar-refractivity contribution in [3.63, 3.8) is 0 Å². The fraction of sp³-hybridized carbons (Fsp3) is 0.908. The van der Waals surface area contributed by atoms with Crippen LogP contribution in [0.1, 0.15) is 379 Å². The lowest BCUT2D eigenvalue weighted by molar-refractivity contribution is -0.171. The minimum Gasteiger partial charge on any atom is -0.458 e. The molecule has 1 aromatic rings. The monoisotopic (exact) mass is 1440 g/mol. The SMILES string of the molecule is CCCCCCCCCCC(CN(CCCCC(OC(=O)C(C)CCCCN(C[C@H](C)CCCCCCCCCC)C[C@@H](CCCCCCCCCC)O[Si](C)(C)C(C)(C)C)C(=O)OCc1ccccc1)C[C@@H](CCCCCCCCCC)O[Si](C)(C)C(C)(C)C)O[Si](C)(C)C(C)(C)C. The molecule has 0 spiro atoms. The van der Waals surface area contributed by atoms with Crippen molar-refractivity contribution in [3.05, 3.63) is 35.9 Å². The number of benzene rings is 1. The summed E-state index contributed by atoms with van der Waals surface area (Å²) in [4.78, 5) is 34.2. The maximum atomic E-state index is 14.4. The highest BCUT2D eigenvalue weighted by atomic mass is 28.4. The molecule has 0 radical (unpaired) electrons. The number of rotatable bonds is 65. The summed E-state index contributed by atoms with van der Waals surface area (Å²) in [5, 5.41) is 0.346. The zero-order valence-electron chi connectivity index (χ0n) is 70.3. The Kier molecular flexibility index (Phi) is 53.2.